The summed E-state index contributed by atoms with van der Waals surface area (Å²) in [5.41, 5.74) is 7.86. The van der Waals surface area contributed by atoms with Gasteiger partial charge >= 0.3 is 0 Å². The maximum atomic E-state index is 11.3. The van der Waals surface area contributed by atoms with E-state index in [1.807, 2.05) is 42.5 Å². The van der Waals surface area contributed by atoms with Crippen molar-refractivity contribution in [2.24, 2.45) is 11.7 Å². The molecular weight excluding hydrogens is 312 g/mol. The van der Waals surface area contributed by atoms with Crippen LogP contribution >= 0.6 is 0 Å². The molecule has 2 aromatic carbocycles. The van der Waals surface area contributed by atoms with Gasteiger partial charge < -0.3 is 15.4 Å². The number of ether oxygens (including phenoxy) is 1. The van der Waals surface area contributed by atoms with Crippen molar-refractivity contribution in [3.63, 3.8) is 0 Å². The zero-order valence-electron chi connectivity index (χ0n) is 15.4. The lowest BCUT2D eigenvalue weighted by atomic mass is 10.0. The zero-order valence-corrected chi connectivity index (χ0v) is 15.4. The molecule has 4 heteroatoms. The molecule has 0 aromatic heterocycles. The number of benzene rings is 2. The number of nitrogens with two attached hydrogens (primary N) is 1. The molecule has 4 nitrogen and oxygen atoms in total. The first-order valence-corrected chi connectivity index (χ1v) is 8.77. The third-order valence-corrected chi connectivity index (χ3v) is 4.16. The molecule has 2 aromatic rings. The number of carbonyl (C=O) groups excluding carboxylic acids is 1. The van der Waals surface area contributed by atoms with Crippen LogP contribution in [0, 0.1) is 5.92 Å². The second kappa shape index (κ2) is 9.23. The van der Waals surface area contributed by atoms with Gasteiger partial charge in [0.25, 0.3) is 0 Å². The minimum absolute atomic E-state index is 0.414. The SMILES string of the molecule is CC(C)CCN(C)CCOc1ccc(-c2cccc(C(N)=O)c2)cc1. The Balaban J connectivity index is 1.88. The largest absolute Gasteiger partial charge is 0.492 e. The third kappa shape index (κ3) is 6.24. The molecule has 0 spiro atoms. The third-order valence-electron chi connectivity index (χ3n) is 4.16. The highest BCUT2D eigenvalue weighted by molar-refractivity contribution is 5.94. The summed E-state index contributed by atoms with van der Waals surface area (Å²) in [5, 5.41) is 0. The number of nitrogens with zero attached hydrogens (tertiary/aromatic N) is 1. The molecule has 25 heavy (non-hydrogen) atoms. The molecule has 0 unspecified atom stereocenters. The van der Waals surface area contributed by atoms with Crippen LogP contribution in [-0.2, 0) is 0 Å². The highest BCUT2D eigenvalue weighted by atomic mass is 16.5. The van der Waals surface area contributed by atoms with Crippen LogP contribution in [0.1, 0.15) is 30.6 Å². The fraction of sp³-hybridized carbons (Fsp3) is 0.381. The first-order valence-electron chi connectivity index (χ1n) is 8.77. The Kier molecular flexibility index (Phi) is 7.02. The lowest BCUT2D eigenvalue weighted by Crippen LogP contribution is -2.26. The normalized spacial score (nSPS) is 11.1. The van der Waals surface area contributed by atoms with Crippen molar-refractivity contribution >= 4 is 5.91 Å². The van der Waals surface area contributed by atoms with Gasteiger partial charge in [0.05, 0.1) is 0 Å². The van der Waals surface area contributed by atoms with Crippen LogP contribution in [-0.4, -0.2) is 37.6 Å². The number of likely N-dealkylation sites (N-methyl/N-ethyl adjacent to an activating group) is 1. The van der Waals surface area contributed by atoms with E-state index in [0.29, 0.717) is 12.2 Å². The molecule has 0 saturated heterocycles. The molecule has 134 valence electrons. The van der Waals surface area contributed by atoms with E-state index in [9.17, 15) is 4.79 Å². The maximum Gasteiger partial charge on any atom is 0.248 e. The quantitative estimate of drug-likeness (QED) is 0.755. The Morgan fingerprint density at radius 1 is 1.08 bits per heavy atom. The summed E-state index contributed by atoms with van der Waals surface area (Å²) < 4.78 is 5.82. The fourth-order valence-corrected chi connectivity index (χ4v) is 2.51. The molecular formula is C21H28N2O2. The van der Waals surface area contributed by atoms with Gasteiger partial charge in [0, 0.05) is 12.1 Å². The summed E-state index contributed by atoms with van der Waals surface area (Å²) in [4.78, 5) is 13.6. The molecule has 0 aliphatic rings. The Morgan fingerprint density at radius 2 is 1.80 bits per heavy atom. The predicted octanol–water partition coefficient (Wildman–Crippen LogP) is 3.81. The Labute approximate surface area is 150 Å². The van der Waals surface area contributed by atoms with Crippen LogP contribution in [0.3, 0.4) is 0 Å². The van der Waals surface area contributed by atoms with Gasteiger partial charge in [0.2, 0.25) is 5.91 Å². The summed E-state index contributed by atoms with van der Waals surface area (Å²) in [7, 11) is 2.13. The highest BCUT2D eigenvalue weighted by Gasteiger charge is 2.04. The van der Waals surface area contributed by atoms with Crippen LogP contribution in [0.5, 0.6) is 5.75 Å². The van der Waals surface area contributed by atoms with Crippen LogP contribution in [0.4, 0.5) is 0 Å². The number of hydrogen-bond acceptors (Lipinski definition) is 3. The van der Waals surface area contributed by atoms with E-state index in [1.54, 1.807) is 6.07 Å². The molecule has 1 amide bonds. The van der Waals surface area contributed by atoms with Gasteiger partial charge in [-0.2, -0.15) is 0 Å². The lowest BCUT2D eigenvalue weighted by Gasteiger charge is -2.18. The summed E-state index contributed by atoms with van der Waals surface area (Å²) in [6.45, 7) is 7.16. The highest BCUT2D eigenvalue weighted by Crippen LogP contribution is 2.23. The number of amides is 1. The number of primary amides is 1. The predicted molar refractivity (Wildman–Crippen MR) is 103 cm³/mol. The van der Waals surface area contributed by atoms with Crippen molar-refractivity contribution in [3.8, 4) is 16.9 Å². The second-order valence-corrected chi connectivity index (χ2v) is 6.80. The van der Waals surface area contributed by atoms with Crippen molar-refractivity contribution in [1.29, 1.82) is 0 Å². The average Bonchev–Trinajstić information content (AvgIpc) is 2.60. The molecule has 0 aliphatic carbocycles. The molecule has 0 atom stereocenters. The van der Waals surface area contributed by atoms with E-state index >= 15 is 0 Å². The van der Waals surface area contributed by atoms with Gasteiger partial charge in [-0.25, -0.2) is 0 Å². The van der Waals surface area contributed by atoms with E-state index in [2.05, 4.69) is 25.8 Å². The number of carbonyl (C=O) groups is 1. The van der Waals surface area contributed by atoms with Crippen LogP contribution < -0.4 is 10.5 Å². The summed E-state index contributed by atoms with van der Waals surface area (Å²) >= 11 is 0. The van der Waals surface area contributed by atoms with Gasteiger partial charge in [0.15, 0.2) is 0 Å². The van der Waals surface area contributed by atoms with Crippen molar-refractivity contribution in [3.05, 3.63) is 54.1 Å². The van der Waals surface area contributed by atoms with Crippen molar-refractivity contribution < 1.29 is 9.53 Å². The topological polar surface area (TPSA) is 55.6 Å². The molecule has 0 radical (unpaired) electrons. The minimum atomic E-state index is -0.414. The molecule has 0 saturated carbocycles. The Bertz CT molecular complexity index is 681. The Morgan fingerprint density at radius 3 is 2.44 bits per heavy atom. The Hall–Kier alpha value is -2.33. The molecule has 2 N–H and O–H groups in total. The smallest absolute Gasteiger partial charge is 0.248 e. The molecule has 2 rings (SSSR count). The standard InChI is InChI=1S/C21H28N2O2/c1-16(2)11-12-23(3)13-14-25-20-9-7-17(8-10-20)18-5-4-6-19(15-18)21(22)24/h4-10,15-16H,11-14H2,1-3H3,(H2,22,24). The van der Waals surface area contributed by atoms with Crippen LogP contribution in [0.25, 0.3) is 11.1 Å². The van der Waals surface area contributed by atoms with Crippen LogP contribution in [0.2, 0.25) is 0 Å². The molecule has 0 heterocycles. The first kappa shape index (κ1) is 19.0. The first-order chi connectivity index (χ1) is 12.0. The van der Waals surface area contributed by atoms with Gasteiger partial charge in [-0.15, -0.1) is 0 Å². The van der Waals surface area contributed by atoms with E-state index < -0.39 is 5.91 Å². The van der Waals surface area contributed by atoms with E-state index in [-0.39, 0.29) is 0 Å². The summed E-state index contributed by atoms with van der Waals surface area (Å²) in [5.74, 6) is 1.17. The zero-order chi connectivity index (χ0) is 18.2. The van der Waals surface area contributed by atoms with Gasteiger partial charge in [-0.05, 0) is 61.3 Å². The maximum absolute atomic E-state index is 11.3. The lowest BCUT2D eigenvalue weighted by molar-refractivity contribution is 0.100. The van der Waals surface area contributed by atoms with Crippen LogP contribution in [0.15, 0.2) is 48.5 Å². The van der Waals surface area contributed by atoms with Crippen molar-refractivity contribution in [1.82, 2.24) is 4.90 Å². The van der Waals surface area contributed by atoms with E-state index in [1.165, 1.54) is 6.42 Å². The minimum Gasteiger partial charge on any atom is -0.492 e. The molecule has 0 fully saturated rings. The number of rotatable bonds is 9. The summed E-state index contributed by atoms with van der Waals surface area (Å²) in [6, 6.07) is 15.2. The monoisotopic (exact) mass is 340 g/mol. The van der Waals surface area contributed by atoms with E-state index in [0.717, 1.165) is 35.9 Å². The molecule has 0 aliphatic heterocycles. The van der Waals surface area contributed by atoms with Crippen molar-refractivity contribution in [2.75, 3.05) is 26.7 Å². The van der Waals surface area contributed by atoms with Gasteiger partial charge in [-0.1, -0.05) is 38.1 Å². The van der Waals surface area contributed by atoms with Gasteiger partial charge in [-0.3, -0.25) is 4.79 Å². The van der Waals surface area contributed by atoms with Crippen molar-refractivity contribution in [2.45, 2.75) is 20.3 Å². The van der Waals surface area contributed by atoms with E-state index in [4.69, 9.17) is 10.5 Å². The molecule has 0 bridgehead atoms. The second-order valence-electron chi connectivity index (χ2n) is 6.80. The van der Waals surface area contributed by atoms with Gasteiger partial charge in [0.1, 0.15) is 12.4 Å². The fourth-order valence-electron chi connectivity index (χ4n) is 2.51. The number of hydrogen-bond donors (Lipinski definition) is 1. The average molecular weight is 340 g/mol. The summed E-state index contributed by atoms with van der Waals surface area (Å²) in [6.07, 6.45) is 1.20.